The van der Waals surface area contributed by atoms with Crippen LogP contribution in [0.15, 0.2) is 0 Å². The van der Waals surface area contributed by atoms with Crippen molar-refractivity contribution in [1.29, 1.82) is 0 Å². The van der Waals surface area contributed by atoms with Crippen LogP contribution in [-0.4, -0.2) is 35.2 Å². The lowest BCUT2D eigenvalue weighted by Gasteiger charge is -2.24. The van der Waals surface area contributed by atoms with Gasteiger partial charge in [-0.05, 0) is 19.3 Å². The number of hydrogen-bond donors (Lipinski definition) is 1. The van der Waals surface area contributed by atoms with Crippen molar-refractivity contribution in [3.05, 3.63) is 0 Å². The third-order valence-corrected chi connectivity index (χ3v) is 4.14. The van der Waals surface area contributed by atoms with Gasteiger partial charge in [0.1, 0.15) is 0 Å². The third-order valence-electron chi connectivity index (χ3n) is 4.14. The summed E-state index contributed by atoms with van der Waals surface area (Å²) in [6, 6.07) is 0. The van der Waals surface area contributed by atoms with Gasteiger partial charge in [0, 0.05) is 6.54 Å². The first-order chi connectivity index (χ1) is 8.88. The summed E-state index contributed by atoms with van der Waals surface area (Å²) < 4.78 is 37.1. The van der Waals surface area contributed by atoms with Crippen molar-refractivity contribution in [3.63, 3.8) is 0 Å². The fraction of sp³-hybridized carbons (Fsp3) is 0.923. The molecule has 0 radical (unpaired) electrons. The first-order valence-electron chi connectivity index (χ1n) is 7.03. The molecular formula is C13H21F3N2O. The molecule has 1 atom stereocenters. The summed E-state index contributed by atoms with van der Waals surface area (Å²) in [7, 11) is 0. The molecule has 1 amide bonds. The Kier molecular flexibility index (Phi) is 4.08. The van der Waals surface area contributed by atoms with Crippen LogP contribution in [0.3, 0.4) is 0 Å². The zero-order valence-corrected chi connectivity index (χ0v) is 11.2. The van der Waals surface area contributed by atoms with Crippen molar-refractivity contribution in [2.45, 2.75) is 69.8 Å². The lowest BCUT2D eigenvalue weighted by Crippen LogP contribution is -2.44. The molecule has 1 aliphatic carbocycles. The van der Waals surface area contributed by atoms with Gasteiger partial charge in [-0.2, -0.15) is 13.2 Å². The molecular weight excluding hydrogens is 257 g/mol. The fourth-order valence-electron chi connectivity index (χ4n) is 3.22. The largest absolute Gasteiger partial charge is 0.390 e. The van der Waals surface area contributed by atoms with Gasteiger partial charge in [-0.15, -0.1) is 0 Å². The second-order valence-corrected chi connectivity index (χ2v) is 5.60. The summed E-state index contributed by atoms with van der Waals surface area (Å²) in [6.07, 6.45) is -0.315. The van der Waals surface area contributed by atoms with E-state index in [4.69, 9.17) is 0 Å². The minimum atomic E-state index is -4.21. The average molecular weight is 278 g/mol. The molecule has 19 heavy (non-hydrogen) atoms. The summed E-state index contributed by atoms with van der Waals surface area (Å²) in [5.74, 6) is -0.118. The van der Waals surface area contributed by atoms with Crippen molar-refractivity contribution >= 4 is 5.91 Å². The van der Waals surface area contributed by atoms with Crippen LogP contribution in [0.25, 0.3) is 0 Å². The van der Waals surface area contributed by atoms with Crippen molar-refractivity contribution in [3.8, 4) is 0 Å². The molecule has 2 rings (SSSR count). The standard InChI is InChI=1S/C13H21F3N2O/c1-2-5-10-17-12(6-3-4-7-12)11(19)18(10)9-8-13(14,15)16/h10,17H,2-9H2,1H3. The van der Waals surface area contributed by atoms with Crippen LogP contribution in [0, 0.1) is 0 Å². The highest BCUT2D eigenvalue weighted by atomic mass is 19.4. The fourth-order valence-corrected chi connectivity index (χ4v) is 3.22. The van der Waals surface area contributed by atoms with Gasteiger partial charge < -0.3 is 4.90 Å². The number of alkyl halides is 3. The SMILES string of the molecule is CCCC1NC2(CCCC2)C(=O)N1CCC(F)(F)F. The lowest BCUT2D eigenvalue weighted by molar-refractivity contribution is -0.146. The van der Waals surface area contributed by atoms with Gasteiger partial charge >= 0.3 is 6.18 Å². The Morgan fingerprint density at radius 3 is 2.53 bits per heavy atom. The van der Waals surface area contributed by atoms with Gasteiger partial charge in [-0.1, -0.05) is 26.2 Å². The number of nitrogens with one attached hydrogen (secondary N) is 1. The van der Waals surface area contributed by atoms with Gasteiger partial charge in [-0.3, -0.25) is 10.1 Å². The van der Waals surface area contributed by atoms with E-state index in [9.17, 15) is 18.0 Å². The normalized spacial score (nSPS) is 26.6. The molecule has 2 fully saturated rings. The Bertz CT molecular complexity index is 337. The molecule has 1 spiro atoms. The molecule has 6 heteroatoms. The highest BCUT2D eigenvalue weighted by molar-refractivity contribution is 5.89. The third kappa shape index (κ3) is 3.04. The number of rotatable bonds is 4. The zero-order chi connectivity index (χ0) is 14.1. The van der Waals surface area contributed by atoms with Crippen LogP contribution in [0.2, 0.25) is 0 Å². The number of carbonyl (C=O) groups is 1. The molecule has 110 valence electrons. The van der Waals surface area contributed by atoms with Gasteiger partial charge in [-0.25, -0.2) is 0 Å². The van der Waals surface area contributed by atoms with E-state index < -0.39 is 18.1 Å². The van der Waals surface area contributed by atoms with Crippen LogP contribution in [-0.2, 0) is 4.79 Å². The number of hydrogen-bond acceptors (Lipinski definition) is 2. The summed E-state index contributed by atoms with van der Waals surface area (Å²) in [5, 5.41) is 3.31. The quantitative estimate of drug-likeness (QED) is 0.857. The topological polar surface area (TPSA) is 32.3 Å². The van der Waals surface area contributed by atoms with Gasteiger partial charge in [0.2, 0.25) is 5.91 Å². The maximum atomic E-state index is 12.4. The molecule has 1 saturated carbocycles. The van der Waals surface area contributed by atoms with Crippen LogP contribution in [0.1, 0.15) is 51.9 Å². The Labute approximate surface area is 111 Å². The predicted octanol–water partition coefficient (Wildman–Crippen LogP) is 2.81. The molecule has 0 bridgehead atoms. The van der Waals surface area contributed by atoms with Crippen LogP contribution in [0.4, 0.5) is 13.2 Å². The molecule has 1 N–H and O–H groups in total. The first-order valence-corrected chi connectivity index (χ1v) is 7.03. The maximum Gasteiger partial charge on any atom is 0.390 e. The van der Waals surface area contributed by atoms with Gasteiger partial charge in [0.05, 0.1) is 18.1 Å². The van der Waals surface area contributed by atoms with E-state index in [2.05, 4.69) is 5.32 Å². The molecule has 1 unspecified atom stereocenters. The Morgan fingerprint density at radius 1 is 1.37 bits per heavy atom. The Hall–Kier alpha value is -0.780. The summed E-state index contributed by atoms with van der Waals surface area (Å²) in [6.45, 7) is 1.76. The van der Waals surface area contributed by atoms with Crippen molar-refractivity contribution in [1.82, 2.24) is 10.2 Å². The molecule has 3 nitrogen and oxygen atoms in total. The van der Waals surface area contributed by atoms with Crippen molar-refractivity contribution < 1.29 is 18.0 Å². The minimum absolute atomic E-state index is 0.118. The highest BCUT2D eigenvalue weighted by Crippen LogP contribution is 2.37. The Balaban J connectivity index is 2.07. The average Bonchev–Trinajstić information content (AvgIpc) is 2.86. The zero-order valence-electron chi connectivity index (χ0n) is 11.2. The lowest BCUT2D eigenvalue weighted by atomic mass is 9.98. The van der Waals surface area contributed by atoms with E-state index >= 15 is 0 Å². The second-order valence-electron chi connectivity index (χ2n) is 5.60. The van der Waals surface area contributed by atoms with E-state index in [1.165, 1.54) is 4.90 Å². The smallest absolute Gasteiger partial charge is 0.325 e. The maximum absolute atomic E-state index is 12.4. The predicted molar refractivity (Wildman–Crippen MR) is 65.4 cm³/mol. The second kappa shape index (κ2) is 5.31. The van der Waals surface area contributed by atoms with Gasteiger partial charge in [0.15, 0.2) is 0 Å². The van der Waals surface area contributed by atoms with Gasteiger partial charge in [0.25, 0.3) is 0 Å². The van der Waals surface area contributed by atoms with Crippen LogP contribution in [0.5, 0.6) is 0 Å². The molecule has 1 aliphatic heterocycles. The van der Waals surface area contributed by atoms with Crippen LogP contribution >= 0.6 is 0 Å². The van der Waals surface area contributed by atoms with Crippen molar-refractivity contribution in [2.24, 2.45) is 0 Å². The van der Waals surface area contributed by atoms with E-state index in [0.29, 0.717) is 6.42 Å². The highest BCUT2D eigenvalue weighted by Gasteiger charge is 2.52. The number of halogens is 3. The Morgan fingerprint density at radius 2 is 2.00 bits per heavy atom. The van der Waals surface area contributed by atoms with E-state index in [-0.39, 0.29) is 18.6 Å². The molecule has 2 aliphatic rings. The van der Waals surface area contributed by atoms with Crippen molar-refractivity contribution in [2.75, 3.05) is 6.54 Å². The van der Waals surface area contributed by atoms with Crippen LogP contribution < -0.4 is 5.32 Å². The number of nitrogens with zero attached hydrogens (tertiary/aromatic N) is 1. The molecule has 1 heterocycles. The van der Waals surface area contributed by atoms with E-state index in [1.54, 1.807) is 0 Å². The number of carbonyl (C=O) groups excluding carboxylic acids is 1. The first kappa shape index (κ1) is 14.6. The molecule has 1 saturated heterocycles. The number of amides is 1. The molecule has 0 aromatic rings. The summed E-state index contributed by atoms with van der Waals surface area (Å²) in [5.41, 5.74) is -0.564. The monoisotopic (exact) mass is 278 g/mol. The molecule has 0 aromatic carbocycles. The van der Waals surface area contributed by atoms with E-state index in [1.807, 2.05) is 6.92 Å². The summed E-state index contributed by atoms with van der Waals surface area (Å²) >= 11 is 0. The molecule has 0 aromatic heterocycles. The van der Waals surface area contributed by atoms with E-state index in [0.717, 1.165) is 32.1 Å². The summed E-state index contributed by atoms with van der Waals surface area (Å²) in [4.78, 5) is 13.8. The minimum Gasteiger partial charge on any atom is -0.325 e.